The molecule has 1 N–H and O–H groups in total. The molecule has 1 aliphatic rings. The summed E-state index contributed by atoms with van der Waals surface area (Å²) in [6.07, 6.45) is 4.75. The third kappa shape index (κ3) is 1.88. The average Bonchev–Trinajstić information content (AvgIpc) is 2.51. The summed E-state index contributed by atoms with van der Waals surface area (Å²) >= 11 is 1.76. The number of nitrogens with one attached hydrogen (secondary N) is 1. The first kappa shape index (κ1) is 10.2. The smallest absolute Gasteiger partial charge is 0.0904 e. The van der Waals surface area contributed by atoms with Crippen molar-refractivity contribution in [3.8, 4) is 0 Å². The van der Waals surface area contributed by atoms with Crippen LogP contribution in [0.4, 0.5) is 0 Å². The number of aryl methyl sites for hydroxylation is 1. The minimum atomic E-state index is 0.938. The van der Waals surface area contributed by atoms with Crippen LogP contribution in [-0.4, -0.2) is 11.5 Å². The molecule has 0 saturated heterocycles. The molecule has 0 unspecified atom stereocenters. The van der Waals surface area contributed by atoms with Crippen molar-refractivity contribution in [3.05, 3.63) is 46.6 Å². The number of hydrogen-bond acceptors (Lipinski definition) is 3. The molecule has 1 aliphatic heterocycles. The highest BCUT2D eigenvalue weighted by molar-refractivity contribution is 7.11. The van der Waals surface area contributed by atoms with E-state index in [0.717, 1.165) is 34.9 Å². The molecule has 2 rings (SSSR count). The number of hydrogen-bond donors (Lipinski definition) is 1. The van der Waals surface area contributed by atoms with E-state index in [2.05, 4.69) is 23.5 Å². The molecule has 0 atom stereocenters. The van der Waals surface area contributed by atoms with E-state index in [1.807, 2.05) is 13.0 Å². The lowest BCUT2D eigenvalue weighted by Gasteiger charge is -2.07. The van der Waals surface area contributed by atoms with E-state index >= 15 is 0 Å². The molecule has 0 saturated carbocycles. The van der Waals surface area contributed by atoms with Gasteiger partial charge in [0.15, 0.2) is 0 Å². The lowest BCUT2D eigenvalue weighted by atomic mass is 10.1. The fourth-order valence-electron chi connectivity index (χ4n) is 1.70. The largest absolute Gasteiger partial charge is 0.384 e. The van der Waals surface area contributed by atoms with E-state index in [1.54, 1.807) is 17.4 Å². The van der Waals surface area contributed by atoms with E-state index in [4.69, 9.17) is 0 Å². The van der Waals surface area contributed by atoms with Gasteiger partial charge in [-0.05, 0) is 13.0 Å². The van der Waals surface area contributed by atoms with Crippen LogP contribution in [0, 0.1) is 6.92 Å². The van der Waals surface area contributed by atoms with Gasteiger partial charge in [0, 0.05) is 29.1 Å². The van der Waals surface area contributed by atoms with Crippen LogP contribution >= 0.6 is 11.3 Å². The molecular weight excluding hydrogens is 204 g/mol. The van der Waals surface area contributed by atoms with Crippen LogP contribution in [0.15, 0.2) is 31.0 Å². The first-order valence-corrected chi connectivity index (χ1v) is 5.76. The fraction of sp³-hybridized carbons (Fsp3) is 0.250. The maximum absolute atomic E-state index is 4.53. The molecule has 2 nitrogen and oxygen atoms in total. The lowest BCUT2D eigenvalue weighted by molar-refractivity contribution is 0.829. The van der Waals surface area contributed by atoms with Gasteiger partial charge in [0.25, 0.3) is 0 Å². The minimum absolute atomic E-state index is 0.938. The summed E-state index contributed by atoms with van der Waals surface area (Å²) in [5.41, 5.74) is 3.07. The van der Waals surface area contributed by atoms with Gasteiger partial charge in [0.2, 0.25) is 0 Å². The van der Waals surface area contributed by atoms with Crippen LogP contribution in [0.5, 0.6) is 0 Å². The van der Waals surface area contributed by atoms with Crippen LogP contribution in [0.1, 0.15) is 15.6 Å². The zero-order valence-corrected chi connectivity index (χ0v) is 9.66. The Morgan fingerprint density at radius 1 is 1.53 bits per heavy atom. The highest BCUT2D eigenvalue weighted by Crippen LogP contribution is 2.29. The van der Waals surface area contributed by atoms with Gasteiger partial charge in [-0.1, -0.05) is 19.2 Å². The third-order valence-corrected chi connectivity index (χ3v) is 3.40. The van der Waals surface area contributed by atoms with Crippen molar-refractivity contribution in [1.82, 2.24) is 10.3 Å². The monoisotopic (exact) mass is 218 g/mol. The molecule has 78 valence electrons. The van der Waals surface area contributed by atoms with Crippen LogP contribution in [0.25, 0.3) is 5.57 Å². The molecule has 0 amide bonds. The van der Waals surface area contributed by atoms with Crippen molar-refractivity contribution in [1.29, 1.82) is 0 Å². The molecule has 0 aromatic carbocycles. The molecule has 15 heavy (non-hydrogen) atoms. The Bertz CT molecular complexity index is 440. The van der Waals surface area contributed by atoms with Crippen LogP contribution in [-0.2, 0) is 6.42 Å². The SMILES string of the molecule is C=C/C=C1/NCCc2sc(C)nc2C1=C. The number of thiazole rings is 1. The van der Waals surface area contributed by atoms with Gasteiger partial charge in [-0.2, -0.15) is 0 Å². The van der Waals surface area contributed by atoms with Gasteiger partial charge in [0.1, 0.15) is 0 Å². The predicted octanol–water partition coefficient (Wildman–Crippen LogP) is 2.68. The fourth-order valence-corrected chi connectivity index (χ4v) is 2.66. The highest BCUT2D eigenvalue weighted by Gasteiger charge is 2.17. The van der Waals surface area contributed by atoms with Gasteiger partial charge in [-0.25, -0.2) is 4.98 Å². The summed E-state index contributed by atoms with van der Waals surface area (Å²) in [6.45, 7) is 10.8. The standard InChI is InChI=1S/C12H14N2S/c1-4-5-10-8(2)12-11(6-7-13-10)15-9(3)14-12/h4-5,13H,1-2,6-7H2,3H3/b10-5+. The number of nitrogens with zero attached hydrogens (tertiary/aromatic N) is 1. The van der Waals surface area contributed by atoms with E-state index in [-0.39, 0.29) is 0 Å². The predicted molar refractivity (Wildman–Crippen MR) is 65.9 cm³/mol. The maximum Gasteiger partial charge on any atom is 0.0904 e. The topological polar surface area (TPSA) is 24.9 Å². The Labute approximate surface area is 94.1 Å². The van der Waals surface area contributed by atoms with Crippen molar-refractivity contribution in [2.75, 3.05) is 6.54 Å². The molecule has 2 heterocycles. The molecule has 0 spiro atoms. The first-order valence-electron chi connectivity index (χ1n) is 4.95. The van der Waals surface area contributed by atoms with Gasteiger partial charge < -0.3 is 5.32 Å². The van der Waals surface area contributed by atoms with E-state index in [0.29, 0.717) is 0 Å². The normalized spacial score (nSPS) is 18.2. The first-order chi connectivity index (χ1) is 7.22. The van der Waals surface area contributed by atoms with Gasteiger partial charge in [-0.15, -0.1) is 11.3 Å². The maximum atomic E-state index is 4.53. The highest BCUT2D eigenvalue weighted by atomic mass is 32.1. The number of fused-ring (bicyclic) bond motifs is 1. The number of rotatable bonds is 1. The molecule has 0 fully saturated rings. The summed E-state index contributed by atoms with van der Waals surface area (Å²) in [5.74, 6) is 0. The number of aromatic nitrogens is 1. The Kier molecular flexibility index (Phi) is 2.73. The van der Waals surface area contributed by atoms with E-state index in [9.17, 15) is 0 Å². The molecular formula is C12H14N2S. The lowest BCUT2D eigenvalue weighted by Crippen LogP contribution is -2.14. The van der Waals surface area contributed by atoms with Crippen molar-refractivity contribution >= 4 is 16.9 Å². The Balaban J connectivity index is 2.46. The summed E-state index contributed by atoms with van der Waals surface area (Å²) in [7, 11) is 0. The van der Waals surface area contributed by atoms with Gasteiger partial charge in [-0.3, -0.25) is 0 Å². The quantitative estimate of drug-likeness (QED) is 0.784. The Hall–Kier alpha value is -1.35. The molecule has 3 heteroatoms. The summed E-state index contributed by atoms with van der Waals surface area (Å²) in [6, 6.07) is 0. The minimum Gasteiger partial charge on any atom is -0.384 e. The number of allylic oxidation sites excluding steroid dienone is 3. The zero-order chi connectivity index (χ0) is 10.8. The molecule has 0 aliphatic carbocycles. The van der Waals surface area contributed by atoms with Crippen molar-refractivity contribution in [2.24, 2.45) is 0 Å². The van der Waals surface area contributed by atoms with E-state index < -0.39 is 0 Å². The van der Waals surface area contributed by atoms with Crippen molar-refractivity contribution in [2.45, 2.75) is 13.3 Å². The van der Waals surface area contributed by atoms with Gasteiger partial charge in [0.05, 0.1) is 10.7 Å². The summed E-state index contributed by atoms with van der Waals surface area (Å²) in [4.78, 5) is 5.86. The van der Waals surface area contributed by atoms with Crippen LogP contribution in [0.2, 0.25) is 0 Å². The Morgan fingerprint density at radius 2 is 2.33 bits per heavy atom. The van der Waals surface area contributed by atoms with E-state index in [1.165, 1.54) is 4.88 Å². The average molecular weight is 218 g/mol. The van der Waals surface area contributed by atoms with Gasteiger partial charge >= 0.3 is 0 Å². The second-order valence-electron chi connectivity index (χ2n) is 3.48. The van der Waals surface area contributed by atoms with Crippen molar-refractivity contribution in [3.63, 3.8) is 0 Å². The second-order valence-corrected chi connectivity index (χ2v) is 4.76. The second kappa shape index (κ2) is 4.03. The van der Waals surface area contributed by atoms with Crippen molar-refractivity contribution < 1.29 is 0 Å². The zero-order valence-electron chi connectivity index (χ0n) is 8.84. The summed E-state index contributed by atoms with van der Waals surface area (Å²) < 4.78 is 0. The molecule has 1 aromatic heterocycles. The summed E-state index contributed by atoms with van der Waals surface area (Å²) in [5, 5.41) is 4.45. The Morgan fingerprint density at radius 3 is 3.07 bits per heavy atom. The third-order valence-electron chi connectivity index (χ3n) is 2.37. The molecule has 1 aromatic rings. The molecule has 0 bridgehead atoms. The molecule has 0 radical (unpaired) electrons. The van der Waals surface area contributed by atoms with Crippen LogP contribution in [0.3, 0.4) is 0 Å². The van der Waals surface area contributed by atoms with Crippen LogP contribution < -0.4 is 5.32 Å².